The molecule has 0 aliphatic carbocycles. The fourth-order valence-electron chi connectivity index (χ4n) is 2.93. The largest absolute Gasteiger partial charge is 0.463 e. The third-order valence-electron chi connectivity index (χ3n) is 4.16. The fourth-order valence-corrected chi connectivity index (χ4v) is 4.44. The van der Waals surface area contributed by atoms with Gasteiger partial charge in [0.05, 0.1) is 5.02 Å². The quantitative estimate of drug-likeness (QED) is 0.240. The highest BCUT2D eigenvalue weighted by Crippen LogP contribution is 2.39. The van der Waals surface area contributed by atoms with Gasteiger partial charge in [-0.3, -0.25) is 9.59 Å². The van der Waals surface area contributed by atoms with Gasteiger partial charge in [0.15, 0.2) is 5.69 Å². The number of rotatable bonds is 7. The first kappa shape index (κ1) is 26.0. The lowest BCUT2D eigenvalue weighted by Gasteiger charge is -2.43. The van der Waals surface area contributed by atoms with Gasteiger partial charge in [-0.1, -0.05) is 28.5 Å². The van der Waals surface area contributed by atoms with Crippen molar-refractivity contribution in [2.75, 3.05) is 13.7 Å². The van der Waals surface area contributed by atoms with Crippen LogP contribution >= 0.6 is 23.4 Å². The van der Waals surface area contributed by atoms with Crippen LogP contribution in [-0.4, -0.2) is 60.4 Å². The maximum Gasteiger partial charge on any atom is 0.434 e. The van der Waals surface area contributed by atoms with Gasteiger partial charge in [0, 0.05) is 37.0 Å². The average Bonchev–Trinajstić information content (AvgIpc) is 2.67. The molecule has 1 fully saturated rings. The Morgan fingerprint density at radius 3 is 2.53 bits per heavy atom. The molecule has 0 spiro atoms. The van der Waals surface area contributed by atoms with Gasteiger partial charge < -0.3 is 18.9 Å². The van der Waals surface area contributed by atoms with Gasteiger partial charge in [0.2, 0.25) is 0 Å². The molecule has 0 aromatic carbocycles. The van der Waals surface area contributed by atoms with Crippen molar-refractivity contribution in [1.82, 2.24) is 4.98 Å². The van der Waals surface area contributed by atoms with E-state index in [1.165, 1.54) is 7.11 Å². The molecule has 0 saturated carbocycles. The van der Waals surface area contributed by atoms with E-state index in [1.54, 1.807) is 0 Å². The third kappa shape index (κ3) is 6.62. The molecule has 1 aliphatic rings. The Balaban J connectivity index is 2.38. The summed E-state index contributed by atoms with van der Waals surface area (Å²) in [6, 6.07) is -0.0430. The molecule has 0 unspecified atom stereocenters. The normalized spacial score (nSPS) is 25.5. The van der Waals surface area contributed by atoms with E-state index in [0.717, 1.165) is 37.9 Å². The highest BCUT2D eigenvalue weighted by molar-refractivity contribution is 7.99. The van der Waals surface area contributed by atoms with Crippen molar-refractivity contribution < 1.29 is 41.7 Å². The second-order valence-electron chi connectivity index (χ2n) is 6.43. The maximum atomic E-state index is 12.9. The number of esters is 2. The molecule has 1 aromatic rings. The van der Waals surface area contributed by atoms with Crippen LogP contribution < -0.4 is 0 Å². The van der Waals surface area contributed by atoms with E-state index in [1.807, 2.05) is 0 Å². The monoisotopic (exact) mass is 498 g/mol. The predicted molar refractivity (Wildman–Crippen MR) is 105 cm³/mol. The molecule has 2 heterocycles. The molecule has 1 aromatic heterocycles. The number of carbonyl (C=O) groups excluding carboxylic acids is 2. The van der Waals surface area contributed by atoms with Crippen LogP contribution in [-0.2, 0) is 34.7 Å². The van der Waals surface area contributed by atoms with E-state index in [9.17, 15) is 22.8 Å². The number of thioether (sulfide) groups is 1. The fraction of sp³-hybridized carbons (Fsp3) is 0.588. The highest BCUT2D eigenvalue weighted by Gasteiger charge is 2.49. The van der Waals surface area contributed by atoms with E-state index in [0.29, 0.717) is 0 Å². The van der Waals surface area contributed by atoms with Crippen LogP contribution in [0.1, 0.15) is 19.5 Å². The summed E-state index contributed by atoms with van der Waals surface area (Å²) in [6.45, 7) is 1.95. The van der Waals surface area contributed by atoms with E-state index in [2.05, 4.69) is 15.0 Å². The Morgan fingerprint density at radius 1 is 1.34 bits per heavy atom. The molecule has 0 radical (unpaired) electrons. The molecule has 5 atom stereocenters. The number of nitrogens with zero attached hydrogens (tertiary/aromatic N) is 4. The predicted octanol–water partition coefficient (Wildman–Crippen LogP) is 3.76. The number of halogens is 4. The summed E-state index contributed by atoms with van der Waals surface area (Å²) in [5.41, 5.74) is 6.78. The van der Waals surface area contributed by atoms with Crippen molar-refractivity contribution >= 4 is 35.3 Å². The van der Waals surface area contributed by atoms with Crippen molar-refractivity contribution in [2.45, 2.75) is 54.7 Å². The number of hydrogen-bond acceptors (Lipinski definition) is 9. The van der Waals surface area contributed by atoms with Crippen LogP contribution in [0.3, 0.4) is 0 Å². The van der Waals surface area contributed by atoms with Gasteiger partial charge >= 0.3 is 18.1 Å². The summed E-state index contributed by atoms with van der Waals surface area (Å²) in [5, 5.41) is 3.04. The number of methoxy groups -OCH3 is 1. The number of hydrogen-bond donors (Lipinski definition) is 0. The molecule has 32 heavy (non-hydrogen) atoms. The van der Waals surface area contributed by atoms with E-state index < -0.39 is 58.6 Å². The number of aromatic nitrogens is 1. The Bertz CT molecular complexity index is 902. The zero-order chi connectivity index (χ0) is 24.1. The van der Waals surface area contributed by atoms with Gasteiger partial charge in [-0.25, -0.2) is 4.98 Å². The Labute approximate surface area is 189 Å². The van der Waals surface area contributed by atoms with Crippen LogP contribution in [0, 0.1) is 0 Å². The van der Waals surface area contributed by atoms with Crippen LogP contribution in [0.15, 0.2) is 22.3 Å². The molecule has 1 aliphatic heterocycles. The first-order chi connectivity index (χ1) is 15.0. The Kier molecular flexibility index (Phi) is 8.98. The molecule has 10 nitrogen and oxygen atoms in total. The molecular weight excluding hydrogens is 481 g/mol. The second-order valence-corrected chi connectivity index (χ2v) is 8.01. The van der Waals surface area contributed by atoms with E-state index in [-0.39, 0.29) is 11.5 Å². The first-order valence-electron chi connectivity index (χ1n) is 8.90. The first-order valence-corrected chi connectivity index (χ1v) is 10.2. The smallest absolute Gasteiger partial charge is 0.434 e. The summed E-state index contributed by atoms with van der Waals surface area (Å²) in [7, 11) is 1.29. The number of azide groups is 1. The number of ether oxygens (including phenoxy) is 4. The van der Waals surface area contributed by atoms with Crippen LogP contribution in [0.4, 0.5) is 13.2 Å². The minimum absolute atomic E-state index is 0.201. The minimum Gasteiger partial charge on any atom is -0.463 e. The van der Waals surface area contributed by atoms with Gasteiger partial charge in [0.1, 0.15) is 36.4 Å². The standard InChI is InChI=1S/C17H18ClF3N4O6S/c1-7(26)29-6-11-13(30-8(2)27)12(24-25-22)14(28-3)16(31-11)32-9-4-10(18)15(23-5-9)17(19,20)21/h4-5,11-14,16H,6H2,1-3H3/t11-,12+,13+,14-,16-/m1/s1. The molecule has 1 saturated heterocycles. The zero-order valence-electron chi connectivity index (χ0n) is 16.9. The van der Waals surface area contributed by atoms with Crippen LogP contribution in [0.25, 0.3) is 10.4 Å². The summed E-state index contributed by atoms with van der Waals surface area (Å²) in [5.74, 6) is -1.34. The summed E-state index contributed by atoms with van der Waals surface area (Å²) >= 11 is 6.62. The summed E-state index contributed by atoms with van der Waals surface area (Å²) < 4.78 is 60.2. The summed E-state index contributed by atoms with van der Waals surface area (Å²) in [4.78, 5) is 29.2. The molecule has 2 rings (SSSR count). The molecule has 0 N–H and O–H groups in total. The minimum atomic E-state index is -4.73. The highest BCUT2D eigenvalue weighted by atomic mass is 35.5. The zero-order valence-corrected chi connectivity index (χ0v) is 18.5. The summed E-state index contributed by atoms with van der Waals surface area (Å²) in [6.07, 6.45) is -6.97. The Morgan fingerprint density at radius 2 is 2.03 bits per heavy atom. The lowest BCUT2D eigenvalue weighted by atomic mass is 9.97. The number of carbonyl (C=O) groups is 2. The van der Waals surface area contributed by atoms with E-state index in [4.69, 9.17) is 36.1 Å². The topological polar surface area (TPSA) is 133 Å². The van der Waals surface area contributed by atoms with E-state index >= 15 is 0 Å². The van der Waals surface area contributed by atoms with Crippen molar-refractivity contribution in [3.63, 3.8) is 0 Å². The third-order valence-corrected chi connectivity index (χ3v) is 5.56. The number of alkyl halides is 3. The lowest BCUT2D eigenvalue weighted by Crippen LogP contribution is -2.59. The van der Waals surface area contributed by atoms with Crippen molar-refractivity contribution in [1.29, 1.82) is 0 Å². The average molecular weight is 499 g/mol. The Hall–Kier alpha value is -2.25. The lowest BCUT2D eigenvalue weighted by molar-refractivity contribution is -0.196. The van der Waals surface area contributed by atoms with Crippen molar-refractivity contribution in [3.8, 4) is 0 Å². The van der Waals surface area contributed by atoms with Crippen LogP contribution in [0.5, 0.6) is 0 Å². The maximum absolute atomic E-state index is 12.9. The molecule has 15 heteroatoms. The number of pyridine rings is 1. The molecule has 176 valence electrons. The molecule has 0 amide bonds. The van der Waals surface area contributed by atoms with Gasteiger partial charge in [0.25, 0.3) is 0 Å². The molecular formula is C17H18ClF3N4O6S. The van der Waals surface area contributed by atoms with Gasteiger partial charge in [-0.05, 0) is 11.6 Å². The van der Waals surface area contributed by atoms with Crippen LogP contribution in [0.2, 0.25) is 5.02 Å². The molecule has 0 bridgehead atoms. The second kappa shape index (κ2) is 11.1. The van der Waals surface area contributed by atoms with Crippen molar-refractivity contribution in [2.24, 2.45) is 5.11 Å². The van der Waals surface area contributed by atoms with Crippen molar-refractivity contribution in [3.05, 3.63) is 33.4 Å². The SMILES string of the molecule is CO[C@@H]1[C@@H](N=[N+]=[N-])[C@@H](OC(C)=O)[C@@H](COC(C)=O)O[C@@H]1Sc1cnc(C(F)(F)F)c(Cl)c1. The van der Waals surface area contributed by atoms with Gasteiger partial charge in [-0.15, -0.1) is 0 Å². The van der Waals surface area contributed by atoms with Gasteiger partial charge in [-0.2, -0.15) is 13.2 Å².